The van der Waals surface area contributed by atoms with Crippen LogP contribution in [-0.2, 0) is 0 Å². The molecule has 0 saturated heterocycles. The average molecular weight is 96.2 g/mol. The third-order valence-corrected chi connectivity index (χ3v) is 0.382. The molecule has 0 fully saturated rings. The molecule has 0 aromatic heterocycles. The summed E-state index contributed by atoms with van der Waals surface area (Å²) in [5.74, 6) is 0. The largest absolute Gasteiger partial charge is 0.260 e. The van der Waals surface area contributed by atoms with Gasteiger partial charge in [0.1, 0.15) is 0 Å². The van der Waals surface area contributed by atoms with Gasteiger partial charge in [0, 0.05) is 11.4 Å². The standard InChI is InChI=1S/C6H10N/c1-5(2)7-6(3)4/h1,3H2,2,4H3. The molecule has 1 heteroatoms. The second-order valence-corrected chi connectivity index (χ2v) is 1.58. The molecule has 39 valence electrons. The van der Waals surface area contributed by atoms with Crippen molar-refractivity contribution in [3.63, 3.8) is 0 Å². The first-order valence-corrected chi connectivity index (χ1v) is 2.15. The first-order chi connectivity index (χ1) is 3.13. The fourth-order valence-corrected chi connectivity index (χ4v) is 0.326. The van der Waals surface area contributed by atoms with E-state index in [0.717, 1.165) is 11.4 Å². The summed E-state index contributed by atoms with van der Waals surface area (Å²) in [6.07, 6.45) is 0. The Morgan fingerprint density at radius 1 is 1.14 bits per heavy atom. The molecule has 0 aliphatic rings. The van der Waals surface area contributed by atoms with Crippen molar-refractivity contribution in [3.8, 4) is 0 Å². The van der Waals surface area contributed by atoms with E-state index < -0.39 is 0 Å². The molecule has 0 spiro atoms. The molecule has 7 heavy (non-hydrogen) atoms. The number of hydrogen-bond donors (Lipinski definition) is 0. The van der Waals surface area contributed by atoms with Gasteiger partial charge in [-0.05, 0) is 13.8 Å². The number of rotatable bonds is 2. The molecule has 0 unspecified atom stereocenters. The van der Waals surface area contributed by atoms with Crippen LogP contribution in [0, 0.1) is 0 Å². The molecule has 0 rings (SSSR count). The van der Waals surface area contributed by atoms with Crippen molar-refractivity contribution in [2.24, 2.45) is 0 Å². The minimum absolute atomic E-state index is 0.812. The lowest BCUT2D eigenvalue weighted by Crippen LogP contribution is -1.94. The van der Waals surface area contributed by atoms with E-state index in [1.54, 1.807) is 0 Å². The Morgan fingerprint density at radius 2 is 1.43 bits per heavy atom. The molecule has 1 radical (unpaired) electrons. The third-order valence-electron chi connectivity index (χ3n) is 0.382. The Labute approximate surface area is 44.7 Å². The van der Waals surface area contributed by atoms with Crippen LogP contribution in [0.25, 0.3) is 0 Å². The zero-order chi connectivity index (χ0) is 5.86. The molecule has 0 heterocycles. The zero-order valence-electron chi connectivity index (χ0n) is 4.86. The van der Waals surface area contributed by atoms with Crippen molar-refractivity contribution in [2.75, 3.05) is 0 Å². The van der Waals surface area contributed by atoms with E-state index >= 15 is 0 Å². The van der Waals surface area contributed by atoms with Gasteiger partial charge < -0.3 is 0 Å². The molecule has 0 aromatic rings. The van der Waals surface area contributed by atoms with Crippen molar-refractivity contribution in [3.05, 3.63) is 24.6 Å². The summed E-state index contributed by atoms with van der Waals surface area (Å²) in [4.78, 5) is 0. The van der Waals surface area contributed by atoms with Gasteiger partial charge in [-0.3, -0.25) is 5.32 Å². The topological polar surface area (TPSA) is 14.1 Å². The third kappa shape index (κ3) is 5.28. The predicted octanol–water partition coefficient (Wildman–Crippen LogP) is 1.66. The first-order valence-electron chi connectivity index (χ1n) is 2.15. The molecule has 0 aromatic carbocycles. The first kappa shape index (κ1) is 6.28. The van der Waals surface area contributed by atoms with Crippen LogP contribution in [-0.4, -0.2) is 0 Å². The van der Waals surface area contributed by atoms with Crippen LogP contribution in [0.2, 0.25) is 0 Å². The van der Waals surface area contributed by atoms with Gasteiger partial charge >= 0.3 is 0 Å². The van der Waals surface area contributed by atoms with Crippen molar-refractivity contribution in [1.82, 2.24) is 5.32 Å². The van der Waals surface area contributed by atoms with Gasteiger partial charge in [-0.2, -0.15) is 0 Å². The summed E-state index contributed by atoms with van der Waals surface area (Å²) in [6.45, 7) is 10.8. The van der Waals surface area contributed by atoms with Gasteiger partial charge in [-0.25, -0.2) is 0 Å². The molecule has 1 nitrogen and oxygen atoms in total. The highest BCUT2D eigenvalue weighted by Gasteiger charge is 1.81. The fourth-order valence-electron chi connectivity index (χ4n) is 0.326. The second-order valence-electron chi connectivity index (χ2n) is 1.58. The van der Waals surface area contributed by atoms with Crippen LogP contribution in [0.4, 0.5) is 0 Å². The monoisotopic (exact) mass is 96.1 g/mol. The fraction of sp³-hybridized carbons (Fsp3) is 0.333. The molecule has 0 saturated carbocycles. The van der Waals surface area contributed by atoms with Crippen molar-refractivity contribution in [2.45, 2.75) is 13.8 Å². The Morgan fingerprint density at radius 3 is 1.43 bits per heavy atom. The lowest BCUT2D eigenvalue weighted by Gasteiger charge is -1.94. The van der Waals surface area contributed by atoms with Crippen LogP contribution in [0.3, 0.4) is 0 Å². The quantitative estimate of drug-likeness (QED) is 0.496. The summed E-state index contributed by atoms with van der Waals surface area (Å²) < 4.78 is 0. The summed E-state index contributed by atoms with van der Waals surface area (Å²) in [5, 5.41) is 3.89. The van der Waals surface area contributed by atoms with Gasteiger partial charge in [0.05, 0.1) is 0 Å². The SMILES string of the molecule is C=C(C)[N]C(=C)C. The van der Waals surface area contributed by atoms with Crippen LogP contribution >= 0.6 is 0 Å². The highest BCUT2D eigenvalue weighted by atomic mass is 14.9. The molecule has 0 N–H and O–H groups in total. The van der Waals surface area contributed by atoms with Gasteiger partial charge in [0.2, 0.25) is 0 Å². The van der Waals surface area contributed by atoms with Crippen LogP contribution in [0.15, 0.2) is 24.6 Å². The highest BCUT2D eigenvalue weighted by Crippen LogP contribution is 1.88. The van der Waals surface area contributed by atoms with E-state index in [1.807, 2.05) is 13.8 Å². The Balaban J connectivity index is 3.32. The van der Waals surface area contributed by atoms with Gasteiger partial charge in [0.25, 0.3) is 0 Å². The molecule has 0 bridgehead atoms. The maximum absolute atomic E-state index is 3.89. The van der Waals surface area contributed by atoms with E-state index in [9.17, 15) is 0 Å². The lowest BCUT2D eigenvalue weighted by molar-refractivity contribution is 0.963. The minimum Gasteiger partial charge on any atom is -0.260 e. The molecular formula is C6H10N. The number of hydrogen-bond acceptors (Lipinski definition) is 0. The van der Waals surface area contributed by atoms with E-state index in [4.69, 9.17) is 0 Å². The number of nitrogens with zero attached hydrogens (tertiary/aromatic N) is 1. The summed E-state index contributed by atoms with van der Waals surface area (Å²) in [7, 11) is 0. The van der Waals surface area contributed by atoms with Gasteiger partial charge in [-0.15, -0.1) is 0 Å². The highest BCUT2D eigenvalue weighted by molar-refractivity contribution is 4.97. The second kappa shape index (κ2) is 2.45. The molecular weight excluding hydrogens is 86.1 g/mol. The maximum atomic E-state index is 3.89. The van der Waals surface area contributed by atoms with E-state index in [0.29, 0.717) is 0 Å². The van der Waals surface area contributed by atoms with Crippen LogP contribution in [0.5, 0.6) is 0 Å². The smallest absolute Gasteiger partial charge is 0.0303 e. The normalized spacial score (nSPS) is 7.71. The van der Waals surface area contributed by atoms with Gasteiger partial charge in [-0.1, -0.05) is 13.2 Å². The predicted molar refractivity (Wildman–Crippen MR) is 31.8 cm³/mol. The average Bonchev–Trinajstić information content (AvgIpc) is 1.27. The summed E-state index contributed by atoms with van der Waals surface area (Å²) in [6, 6.07) is 0. The van der Waals surface area contributed by atoms with E-state index in [-0.39, 0.29) is 0 Å². The Hall–Kier alpha value is -0.720. The van der Waals surface area contributed by atoms with E-state index in [1.165, 1.54) is 0 Å². The molecule has 0 aliphatic carbocycles. The lowest BCUT2D eigenvalue weighted by atomic mass is 10.5. The molecule has 0 aliphatic heterocycles. The van der Waals surface area contributed by atoms with Crippen molar-refractivity contribution < 1.29 is 0 Å². The maximum Gasteiger partial charge on any atom is 0.0303 e. The summed E-state index contributed by atoms with van der Waals surface area (Å²) >= 11 is 0. The minimum atomic E-state index is 0.812. The van der Waals surface area contributed by atoms with E-state index in [2.05, 4.69) is 18.5 Å². The van der Waals surface area contributed by atoms with Crippen molar-refractivity contribution >= 4 is 0 Å². The summed E-state index contributed by atoms with van der Waals surface area (Å²) in [5.41, 5.74) is 1.63. The zero-order valence-corrected chi connectivity index (χ0v) is 4.86. The van der Waals surface area contributed by atoms with Crippen LogP contribution in [0.1, 0.15) is 13.8 Å². The number of allylic oxidation sites excluding steroid dienone is 2. The van der Waals surface area contributed by atoms with Crippen molar-refractivity contribution in [1.29, 1.82) is 0 Å². The Bertz CT molecular complexity index is 80.4. The van der Waals surface area contributed by atoms with Crippen LogP contribution < -0.4 is 5.32 Å². The molecule has 0 atom stereocenters. The molecule has 0 amide bonds. The Kier molecular flexibility index (Phi) is 2.20. The van der Waals surface area contributed by atoms with Gasteiger partial charge in [0.15, 0.2) is 0 Å².